The van der Waals surface area contributed by atoms with Gasteiger partial charge in [0.15, 0.2) is 0 Å². The summed E-state index contributed by atoms with van der Waals surface area (Å²) in [5, 5.41) is 7.45. The summed E-state index contributed by atoms with van der Waals surface area (Å²) in [6.45, 7) is 2.13. The standard InChI is InChI=1S/C18H23N5O2/c1-12-7-3-4-8-13(12)19-16(24)11-22-18(25)23-15-10-6-5-9-14(15)21(2)17(23)20-22/h5-6,9-10,12-13H,3-4,7-8,11H2,1-2H3,(H,19,24)/t12-,13+/m1/s1. The van der Waals surface area contributed by atoms with Crippen LogP contribution in [0.1, 0.15) is 32.6 Å². The van der Waals surface area contributed by atoms with E-state index in [-0.39, 0.29) is 24.2 Å². The number of hydrogen-bond acceptors (Lipinski definition) is 3. The van der Waals surface area contributed by atoms with Crippen molar-refractivity contribution in [2.24, 2.45) is 13.0 Å². The molecule has 0 unspecified atom stereocenters. The summed E-state index contributed by atoms with van der Waals surface area (Å²) in [5.41, 5.74) is 1.46. The lowest BCUT2D eigenvalue weighted by atomic mass is 9.86. The Hall–Kier alpha value is -2.57. The minimum Gasteiger partial charge on any atom is -0.351 e. The number of para-hydroxylation sites is 2. The molecule has 3 aromatic rings. The minimum atomic E-state index is -0.279. The van der Waals surface area contributed by atoms with Gasteiger partial charge in [-0.05, 0) is 30.9 Å². The van der Waals surface area contributed by atoms with Crippen LogP contribution in [0.5, 0.6) is 0 Å². The number of imidazole rings is 1. The van der Waals surface area contributed by atoms with Gasteiger partial charge in [-0.3, -0.25) is 4.79 Å². The van der Waals surface area contributed by atoms with Gasteiger partial charge >= 0.3 is 5.69 Å². The normalized spacial score (nSPS) is 21.0. The van der Waals surface area contributed by atoms with Crippen LogP contribution in [0.25, 0.3) is 16.8 Å². The van der Waals surface area contributed by atoms with Crippen LogP contribution >= 0.6 is 0 Å². The average Bonchev–Trinajstić information content (AvgIpc) is 3.06. The lowest BCUT2D eigenvalue weighted by molar-refractivity contribution is -0.123. The van der Waals surface area contributed by atoms with E-state index < -0.39 is 0 Å². The van der Waals surface area contributed by atoms with Gasteiger partial charge in [-0.2, -0.15) is 0 Å². The van der Waals surface area contributed by atoms with Crippen molar-refractivity contribution in [1.82, 2.24) is 24.1 Å². The van der Waals surface area contributed by atoms with Crippen LogP contribution in [0.15, 0.2) is 29.1 Å². The highest BCUT2D eigenvalue weighted by molar-refractivity contribution is 5.80. The second kappa shape index (κ2) is 6.06. The van der Waals surface area contributed by atoms with E-state index >= 15 is 0 Å². The maximum Gasteiger partial charge on any atom is 0.352 e. The molecular formula is C18H23N5O2. The smallest absolute Gasteiger partial charge is 0.351 e. The van der Waals surface area contributed by atoms with Crippen LogP contribution in [0.3, 0.4) is 0 Å². The van der Waals surface area contributed by atoms with Crippen LogP contribution < -0.4 is 11.0 Å². The molecule has 1 amide bonds. The van der Waals surface area contributed by atoms with Crippen LogP contribution in [0.4, 0.5) is 0 Å². The molecule has 132 valence electrons. The third-order valence-corrected chi connectivity index (χ3v) is 5.36. The van der Waals surface area contributed by atoms with Crippen molar-refractivity contribution < 1.29 is 4.79 Å². The molecule has 0 radical (unpaired) electrons. The fourth-order valence-corrected chi connectivity index (χ4v) is 3.89. The third-order valence-electron chi connectivity index (χ3n) is 5.36. The summed E-state index contributed by atoms with van der Waals surface area (Å²) in [5.74, 6) is 0.887. The van der Waals surface area contributed by atoms with E-state index in [9.17, 15) is 9.59 Å². The van der Waals surface area contributed by atoms with Gasteiger partial charge in [0.05, 0.1) is 11.0 Å². The number of aromatic nitrogens is 4. The van der Waals surface area contributed by atoms with Crippen molar-refractivity contribution in [3.63, 3.8) is 0 Å². The number of nitrogens with zero attached hydrogens (tertiary/aromatic N) is 4. The van der Waals surface area contributed by atoms with E-state index in [4.69, 9.17) is 0 Å². The molecule has 4 rings (SSSR count). The molecule has 2 aromatic heterocycles. The Morgan fingerprint density at radius 3 is 2.72 bits per heavy atom. The SMILES string of the molecule is C[C@@H]1CCCC[C@@H]1NC(=O)Cn1nc2n(C)c3ccccc3n2c1=O. The predicted molar refractivity (Wildman–Crippen MR) is 95.5 cm³/mol. The lowest BCUT2D eigenvalue weighted by Crippen LogP contribution is -2.43. The van der Waals surface area contributed by atoms with Gasteiger partial charge < -0.3 is 9.88 Å². The Kier molecular flexibility index (Phi) is 3.86. The zero-order valence-corrected chi connectivity index (χ0v) is 14.6. The first-order valence-electron chi connectivity index (χ1n) is 8.88. The zero-order chi connectivity index (χ0) is 17.6. The number of aryl methyl sites for hydroxylation is 1. The van der Waals surface area contributed by atoms with Gasteiger partial charge in [0.25, 0.3) is 0 Å². The average molecular weight is 341 g/mol. The van der Waals surface area contributed by atoms with Crippen LogP contribution in [0, 0.1) is 5.92 Å². The number of carbonyl (C=O) groups excluding carboxylic acids is 1. The molecule has 0 saturated heterocycles. The molecule has 1 fully saturated rings. The maximum atomic E-state index is 12.7. The summed E-state index contributed by atoms with van der Waals surface area (Å²) in [6.07, 6.45) is 4.53. The van der Waals surface area contributed by atoms with Crippen LogP contribution in [-0.2, 0) is 18.4 Å². The highest BCUT2D eigenvalue weighted by atomic mass is 16.2. The Labute approximate surface area is 145 Å². The zero-order valence-electron chi connectivity index (χ0n) is 14.6. The van der Waals surface area contributed by atoms with Gasteiger partial charge in [-0.15, -0.1) is 5.10 Å². The first-order chi connectivity index (χ1) is 12.1. The summed E-state index contributed by atoms with van der Waals surface area (Å²) in [4.78, 5) is 25.1. The quantitative estimate of drug-likeness (QED) is 0.788. The molecule has 7 nitrogen and oxygen atoms in total. The van der Waals surface area contributed by atoms with Crippen molar-refractivity contribution in [2.75, 3.05) is 0 Å². The van der Waals surface area contributed by atoms with Crippen molar-refractivity contribution in [3.05, 3.63) is 34.7 Å². The first kappa shape index (κ1) is 15.9. The summed E-state index contributed by atoms with van der Waals surface area (Å²) in [6, 6.07) is 7.86. The van der Waals surface area contributed by atoms with Crippen molar-refractivity contribution in [2.45, 2.75) is 45.2 Å². The van der Waals surface area contributed by atoms with Gasteiger partial charge in [0, 0.05) is 13.1 Å². The third kappa shape index (κ3) is 2.63. The number of benzene rings is 1. The van der Waals surface area contributed by atoms with Gasteiger partial charge in [-0.25, -0.2) is 13.9 Å². The fourth-order valence-electron chi connectivity index (χ4n) is 3.89. The number of hydrogen-bond donors (Lipinski definition) is 1. The Balaban J connectivity index is 1.62. The number of rotatable bonds is 3. The van der Waals surface area contributed by atoms with Crippen LogP contribution in [0.2, 0.25) is 0 Å². The summed E-state index contributed by atoms with van der Waals surface area (Å²) in [7, 11) is 1.87. The monoisotopic (exact) mass is 341 g/mol. The van der Waals surface area contributed by atoms with Gasteiger partial charge in [0.2, 0.25) is 11.7 Å². The first-order valence-corrected chi connectivity index (χ1v) is 8.88. The second-order valence-corrected chi connectivity index (χ2v) is 7.06. The van der Waals surface area contributed by atoms with E-state index in [0.717, 1.165) is 30.3 Å². The van der Waals surface area contributed by atoms with Crippen molar-refractivity contribution in [1.29, 1.82) is 0 Å². The summed E-state index contributed by atoms with van der Waals surface area (Å²) < 4.78 is 4.69. The molecule has 1 N–H and O–H groups in total. The number of fused-ring (bicyclic) bond motifs is 3. The molecule has 1 aliphatic rings. The summed E-state index contributed by atoms with van der Waals surface area (Å²) >= 11 is 0. The number of nitrogens with one attached hydrogen (secondary N) is 1. The van der Waals surface area contributed by atoms with E-state index in [0.29, 0.717) is 11.7 Å². The maximum absolute atomic E-state index is 12.7. The topological polar surface area (TPSA) is 73.3 Å². The lowest BCUT2D eigenvalue weighted by Gasteiger charge is -2.29. The largest absolute Gasteiger partial charge is 0.352 e. The minimum absolute atomic E-state index is 0.0436. The molecule has 0 spiro atoms. The second-order valence-electron chi connectivity index (χ2n) is 7.06. The highest BCUT2D eigenvalue weighted by Crippen LogP contribution is 2.23. The molecule has 0 bridgehead atoms. The Bertz CT molecular complexity index is 996. The Morgan fingerprint density at radius 1 is 1.24 bits per heavy atom. The van der Waals surface area contributed by atoms with Gasteiger partial charge in [0.1, 0.15) is 6.54 Å². The molecule has 7 heteroatoms. The fraction of sp³-hybridized carbons (Fsp3) is 0.500. The molecule has 1 saturated carbocycles. The molecule has 1 aromatic carbocycles. The van der Waals surface area contributed by atoms with Crippen molar-refractivity contribution in [3.8, 4) is 0 Å². The van der Waals surface area contributed by atoms with E-state index in [1.807, 2.05) is 35.9 Å². The molecule has 25 heavy (non-hydrogen) atoms. The Morgan fingerprint density at radius 2 is 1.96 bits per heavy atom. The number of amides is 1. The van der Waals surface area contributed by atoms with E-state index in [1.165, 1.54) is 11.1 Å². The molecular weight excluding hydrogens is 318 g/mol. The molecule has 2 atom stereocenters. The molecule has 0 aliphatic heterocycles. The van der Waals surface area contributed by atoms with Crippen molar-refractivity contribution >= 4 is 22.7 Å². The van der Waals surface area contributed by atoms with E-state index in [1.54, 1.807) is 4.40 Å². The van der Waals surface area contributed by atoms with Crippen LogP contribution in [-0.4, -0.2) is 30.7 Å². The van der Waals surface area contributed by atoms with E-state index in [2.05, 4.69) is 17.3 Å². The van der Waals surface area contributed by atoms with Gasteiger partial charge in [-0.1, -0.05) is 31.9 Å². The molecule has 1 aliphatic carbocycles. The predicted octanol–water partition coefficient (Wildman–Crippen LogP) is 1.68. The highest BCUT2D eigenvalue weighted by Gasteiger charge is 2.24. The number of carbonyl (C=O) groups is 1. The molecule has 2 heterocycles.